The zero-order valence-corrected chi connectivity index (χ0v) is 13.7. The highest BCUT2D eigenvalue weighted by Gasteiger charge is 2.12. The number of esters is 1. The van der Waals surface area contributed by atoms with Crippen molar-refractivity contribution in [2.24, 2.45) is 0 Å². The van der Waals surface area contributed by atoms with E-state index in [9.17, 15) is 14.0 Å². The van der Waals surface area contributed by atoms with E-state index in [-0.39, 0.29) is 11.3 Å². The molecular formula is C16H13BrFNO4. The third kappa shape index (κ3) is 4.79. The van der Waals surface area contributed by atoms with Crippen molar-refractivity contribution in [2.75, 3.05) is 19.0 Å². The number of carbonyl (C=O) groups excluding carboxylic acids is 2. The fourth-order valence-electron chi connectivity index (χ4n) is 1.74. The largest absolute Gasteiger partial charge is 0.497 e. The molecule has 0 fully saturated rings. The molecule has 0 saturated heterocycles. The van der Waals surface area contributed by atoms with E-state index in [1.165, 1.54) is 31.4 Å². The second kappa shape index (κ2) is 7.73. The standard InChI is InChI=1S/C16H13BrFNO4/c1-22-12-4-2-3-10(7-12)16(21)23-9-15(20)19-14-6-5-11(17)8-13(14)18/h2-8H,9H2,1H3,(H,19,20). The van der Waals surface area contributed by atoms with Gasteiger partial charge in [-0.05, 0) is 36.4 Å². The number of methoxy groups -OCH3 is 1. The predicted octanol–water partition coefficient (Wildman–Crippen LogP) is 3.39. The molecule has 2 aromatic rings. The normalized spacial score (nSPS) is 10.0. The molecule has 120 valence electrons. The van der Waals surface area contributed by atoms with E-state index in [2.05, 4.69) is 21.2 Å². The number of amides is 1. The second-order valence-electron chi connectivity index (χ2n) is 4.48. The van der Waals surface area contributed by atoms with Gasteiger partial charge in [0.15, 0.2) is 6.61 Å². The highest BCUT2D eigenvalue weighted by molar-refractivity contribution is 9.10. The highest BCUT2D eigenvalue weighted by atomic mass is 79.9. The van der Waals surface area contributed by atoms with Crippen LogP contribution in [0, 0.1) is 5.82 Å². The number of anilines is 1. The van der Waals surface area contributed by atoms with Crippen LogP contribution in [-0.4, -0.2) is 25.6 Å². The van der Waals surface area contributed by atoms with Crippen molar-refractivity contribution in [3.05, 3.63) is 58.3 Å². The minimum Gasteiger partial charge on any atom is -0.497 e. The number of benzene rings is 2. The topological polar surface area (TPSA) is 64.6 Å². The summed E-state index contributed by atoms with van der Waals surface area (Å²) < 4.78 is 24.0. The van der Waals surface area contributed by atoms with Crippen LogP contribution >= 0.6 is 15.9 Å². The lowest BCUT2D eigenvalue weighted by molar-refractivity contribution is -0.119. The average Bonchev–Trinajstić information content (AvgIpc) is 2.55. The maximum atomic E-state index is 13.6. The Bertz CT molecular complexity index is 736. The Morgan fingerprint density at radius 1 is 1.22 bits per heavy atom. The van der Waals surface area contributed by atoms with Gasteiger partial charge in [-0.3, -0.25) is 4.79 Å². The van der Waals surface area contributed by atoms with Crippen molar-refractivity contribution in [1.29, 1.82) is 0 Å². The van der Waals surface area contributed by atoms with Crippen LogP contribution in [0.25, 0.3) is 0 Å². The molecule has 2 rings (SSSR count). The number of rotatable bonds is 5. The molecule has 0 aromatic heterocycles. The van der Waals surface area contributed by atoms with E-state index in [1.54, 1.807) is 18.2 Å². The number of halogens is 2. The minimum atomic E-state index is -0.671. The van der Waals surface area contributed by atoms with Gasteiger partial charge in [0.1, 0.15) is 11.6 Å². The Morgan fingerprint density at radius 3 is 2.70 bits per heavy atom. The van der Waals surface area contributed by atoms with E-state index < -0.39 is 24.3 Å². The molecule has 7 heteroatoms. The van der Waals surface area contributed by atoms with Gasteiger partial charge >= 0.3 is 5.97 Å². The molecule has 0 spiro atoms. The SMILES string of the molecule is COc1cccc(C(=O)OCC(=O)Nc2ccc(Br)cc2F)c1. The molecule has 0 bridgehead atoms. The van der Waals surface area contributed by atoms with Gasteiger partial charge < -0.3 is 14.8 Å². The Hall–Kier alpha value is -2.41. The van der Waals surface area contributed by atoms with Gasteiger partial charge in [-0.1, -0.05) is 22.0 Å². The van der Waals surface area contributed by atoms with Crippen molar-refractivity contribution in [2.45, 2.75) is 0 Å². The van der Waals surface area contributed by atoms with Gasteiger partial charge in [0.2, 0.25) is 0 Å². The molecule has 0 unspecified atom stereocenters. The van der Waals surface area contributed by atoms with E-state index in [0.717, 1.165) is 0 Å². The molecule has 0 aliphatic rings. The Balaban J connectivity index is 1.92. The van der Waals surface area contributed by atoms with Crippen molar-refractivity contribution in [1.82, 2.24) is 0 Å². The van der Waals surface area contributed by atoms with Crippen molar-refractivity contribution in [3.8, 4) is 5.75 Å². The van der Waals surface area contributed by atoms with Crippen molar-refractivity contribution < 1.29 is 23.5 Å². The molecule has 1 amide bonds. The summed E-state index contributed by atoms with van der Waals surface area (Å²) >= 11 is 3.12. The van der Waals surface area contributed by atoms with Crippen LogP contribution in [-0.2, 0) is 9.53 Å². The lowest BCUT2D eigenvalue weighted by atomic mass is 10.2. The van der Waals surface area contributed by atoms with E-state index in [1.807, 2.05) is 0 Å². The molecule has 1 N–H and O–H groups in total. The number of ether oxygens (including phenoxy) is 2. The molecule has 0 atom stereocenters. The van der Waals surface area contributed by atoms with E-state index in [0.29, 0.717) is 10.2 Å². The van der Waals surface area contributed by atoms with E-state index in [4.69, 9.17) is 9.47 Å². The fraction of sp³-hybridized carbons (Fsp3) is 0.125. The van der Waals surface area contributed by atoms with Gasteiger partial charge in [0.05, 0.1) is 18.4 Å². The maximum Gasteiger partial charge on any atom is 0.338 e. The Kier molecular flexibility index (Phi) is 5.70. The zero-order chi connectivity index (χ0) is 16.8. The quantitative estimate of drug-likeness (QED) is 0.806. The molecular weight excluding hydrogens is 369 g/mol. The Labute approximate surface area is 140 Å². The highest BCUT2D eigenvalue weighted by Crippen LogP contribution is 2.19. The second-order valence-corrected chi connectivity index (χ2v) is 5.40. The molecule has 0 aliphatic heterocycles. The summed E-state index contributed by atoms with van der Waals surface area (Å²) in [6, 6.07) is 10.6. The summed E-state index contributed by atoms with van der Waals surface area (Å²) in [5.41, 5.74) is 0.266. The molecule has 0 heterocycles. The first kappa shape index (κ1) is 17.0. The zero-order valence-electron chi connectivity index (χ0n) is 12.1. The van der Waals surface area contributed by atoms with Crippen LogP contribution < -0.4 is 10.1 Å². The number of nitrogens with one attached hydrogen (secondary N) is 1. The molecule has 2 aromatic carbocycles. The maximum absolute atomic E-state index is 13.6. The third-order valence-corrected chi connectivity index (χ3v) is 3.34. The smallest absolute Gasteiger partial charge is 0.338 e. The lowest BCUT2D eigenvalue weighted by Crippen LogP contribution is -2.21. The first-order valence-electron chi connectivity index (χ1n) is 6.55. The lowest BCUT2D eigenvalue weighted by Gasteiger charge is -2.08. The summed E-state index contributed by atoms with van der Waals surface area (Å²) in [5, 5.41) is 2.33. The summed E-state index contributed by atoms with van der Waals surface area (Å²) in [6.45, 7) is -0.522. The van der Waals surface area contributed by atoms with Crippen LogP contribution in [0.3, 0.4) is 0 Å². The average molecular weight is 382 g/mol. The molecule has 0 radical (unpaired) electrons. The number of hydrogen-bond donors (Lipinski definition) is 1. The summed E-state index contributed by atoms with van der Waals surface area (Å²) in [6.07, 6.45) is 0. The summed E-state index contributed by atoms with van der Waals surface area (Å²) in [7, 11) is 1.48. The van der Waals surface area contributed by atoms with Crippen LogP contribution in [0.4, 0.5) is 10.1 Å². The van der Waals surface area contributed by atoms with Gasteiger partial charge in [0, 0.05) is 4.47 Å². The first-order valence-corrected chi connectivity index (χ1v) is 7.35. The van der Waals surface area contributed by atoms with Crippen molar-refractivity contribution >= 4 is 33.5 Å². The number of hydrogen-bond acceptors (Lipinski definition) is 4. The monoisotopic (exact) mass is 381 g/mol. The first-order chi connectivity index (χ1) is 11.0. The summed E-state index contributed by atoms with van der Waals surface area (Å²) in [5.74, 6) is -1.40. The summed E-state index contributed by atoms with van der Waals surface area (Å²) in [4.78, 5) is 23.6. The molecule has 5 nitrogen and oxygen atoms in total. The predicted molar refractivity (Wildman–Crippen MR) is 86.0 cm³/mol. The van der Waals surface area contributed by atoms with Gasteiger partial charge in [0.25, 0.3) is 5.91 Å². The van der Waals surface area contributed by atoms with Gasteiger partial charge in [-0.15, -0.1) is 0 Å². The third-order valence-electron chi connectivity index (χ3n) is 2.85. The van der Waals surface area contributed by atoms with Crippen molar-refractivity contribution in [3.63, 3.8) is 0 Å². The van der Waals surface area contributed by atoms with Gasteiger partial charge in [-0.2, -0.15) is 0 Å². The Morgan fingerprint density at radius 2 is 2.00 bits per heavy atom. The van der Waals surface area contributed by atoms with Gasteiger partial charge in [-0.25, -0.2) is 9.18 Å². The van der Waals surface area contributed by atoms with Crippen LogP contribution in [0.1, 0.15) is 10.4 Å². The van der Waals surface area contributed by atoms with E-state index >= 15 is 0 Å². The molecule has 0 aliphatic carbocycles. The minimum absolute atomic E-state index is 0.00984. The van der Waals surface area contributed by atoms with Crippen LogP contribution in [0.5, 0.6) is 5.75 Å². The van der Waals surface area contributed by atoms with Crippen LogP contribution in [0.15, 0.2) is 46.9 Å². The molecule has 0 saturated carbocycles. The number of carbonyl (C=O) groups is 2. The fourth-order valence-corrected chi connectivity index (χ4v) is 2.07. The van der Waals surface area contributed by atoms with Crippen LogP contribution in [0.2, 0.25) is 0 Å². The molecule has 23 heavy (non-hydrogen) atoms.